The third-order valence-corrected chi connectivity index (χ3v) is 5.97. The third-order valence-electron chi connectivity index (χ3n) is 5.97. The van der Waals surface area contributed by atoms with Crippen LogP contribution in [-0.2, 0) is 11.3 Å². The molecular formula is C22H29FN4O2. The summed E-state index contributed by atoms with van der Waals surface area (Å²) in [5, 5.41) is 0. The molecule has 1 aromatic carbocycles. The van der Waals surface area contributed by atoms with Gasteiger partial charge in [-0.1, -0.05) is 18.2 Å². The highest BCUT2D eigenvalue weighted by Gasteiger charge is 2.28. The van der Waals surface area contributed by atoms with Crippen LogP contribution in [0.2, 0.25) is 0 Å². The number of ether oxygens (including phenoxy) is 1. The van der Waals surface area contributed by atoms with Crippen LogP contribution in [0.4, 0.5) is 4.39 Å². The summed E-state index contributed by atoms with van der Waals surface area (Å²) in [5.74, 6) is 0.632. The lowest BCUT2D eigenvalue weighted by Gasteiger charge is -2.35. The minimum Gasteiger partial charge on any atom is -0.376 e. The summed E-state index contributed by atoms with van der Waals surface area (Å²) >= 11 is 0. The summed E-state index contributed by atoms with van der Waals surface area (Å²) in [6.07, 6.45) is 7.47. The highest BCUT2D eigenvalue weighted by molar-refractivity contribution is 5.90. The molecular weight excluding hydrogens is 371 g/mol. The highest BCUT2D eigenvalue weighted by Crippen LogP contribution is 2.23. The van der Waals surface area contributed by atoms with Crippen molar-refractivity contribution in [1.82, 2.24) is 19.8 Å². The van der Waals surface area contributed by atoms with E-state index in [1.165, 1.54) is 6.07 Å². The van der Waals surface area contributed by atoms with E-state index < -0.39 is 0 Å². The van der Waals surface area contributed by atoms with Gasteiger partial charge in [-0.25, -0.2) is 9.37 Å². The van der Waals surface area contributed by atoms with Crippen LogP contribution in [0.5, 0.6) is 0 Å². The van der Waals surface area contributed by atoms with Gasteiger partial charge >= 0.3 is 0 Å². The molecule has 156 valence electrons. The van der Waals surface area contributed by atoms with Gasteiger partial charge in [0.2, 0.25) is 0 Å². The van der Waals surface area contributed by atoms with Crippen molar-refractivity contribution in [1.29, 1.82) is 0 Å². The minimum atomic E-state index is -0.138. The van der Waals surface area contributed by atoms with E-state index >= 15 is 0 Å². The molecule has 3 heterocycles. The second-order valence-corrected chi connectivity index (χ2v) is 8.09. The second kappa shape index (κ2) is 9.50. The Bertz CT molecular complexity index is 784. The molecule has 0 bridgehead atoms. The number of aromatic amines is 1. The monoisotopic (exact) mass is 400 g/mol. The Balaban J connectivity index is 1.33. The maximum atomic E-state index is 13.9. The molecule has 1 atom stereocenters. The molecule has 0 spiro atoms. The maximum absolute atomic E-state index is 13.9. The van der Waals surface area contributed by atoms with Gasteiger partial charge in [-0.3, -0.25) is 9.69 Å². The van der Waals surface area contributed by atoms with Crippen LogP contribution in [0.25, 0.3) is 0 Å². The van der Waals surface area contributed by atoms with E-state index in [1.807, 2.05) is 17.0 Å². The van der Waals surface area contributed by atoms with E-state index in [9.17, 15) is 9.18 Å². The topological polar surface area (TPSA) is 61.5 Å². The zero-order chi connectivity index (χ0) is 20.1. The van der Waals surface area contributed by atoms with Crippen LogP contribution in [-0.4, -0.2) is 64.6 Å². The largest absolute Gasteiger partial charge is 0.376 e. The van der Waals surface area contributed by atoms with Crippen molar-refractivity contribution in [2.24, 2.45) is 5.92 Å². The van der Waals surface area contributed by atoms with Gasteiger partial charge in [-0.15, -0.1) is 0 Å². The molecule has 2 saturated heterocycles. The number of H-pyrrole nitrogens is 1. The molecule has 7 heteroatoms. The number of imidazole rings is 1. The summed E-state index contributed by atoms with van der Waals surface area (Å²) in [4.78, 5) is 24.2. The summed E-state index contributed by atoms with van der Waals surface area (Å²) < 4.78 is 19.7. The van der Waals surface area contributed by atoms with Crippen LogP contribution >= 0.6 is 0 Å². The molecule has 2 aliphatic heterocycles. The molecule has 0 aliphatic carbocycles. The number of carbonyl (C=O) groups excluding carboxylic acids is 1. The van der Waals surface area contributed by atoms with Crippen molar-refractivity contribution >= 4 is 5.91 Å². The van der Waals surface area contributed by atoms with Gasteiger partial charge in [0.15, 0.2) is 5.82 Å². The van der Waals surface area contributed by atoms with Crippen LogP contribution in [0.1, 0.15) is 41.9 Å². The fourth-order valence-electron chi connectivity index (χ4n) is 4.31. The van der Waals surface area contributed by atoms with Crippen LogP contribution in [0, 0.1) is 11.7 Å². The van der Waals surface area contributed by atoms with Crippen LogP contribution in [0.3, 0.4) is 0 Å². The van der Waals surface area contributed by atoms with Crippen molar-refractivity contribution in [2.45, 2.75) is 38.3 Å². The number of likely N-dealkylation sites (tertiary alicyclic amines) is 1. The van der Waals surface area contributed by atoms with Crippen molar-refractivity contribution < 1.29 is 13.9 Å². The smallest absolute Gasteiger partial charge is 0.289 e. The fraction of sp³-hybridized carbons (Fsp3) is 0.545. The molecule has 2 aliphatic rings. The van der Waals surface area contributed by atoms with Gasteiger partial charge in [0, 0.05) is 44.2 Å². The molecule has 0 radical (unpaired) electrons. The van der Waals surface area contributed by atoms with Crippen LogP contribution in [0.15, 0.2) is 36.7 Å². The first-order chi connectivity index (χ1) is 14.2. The number of nitrogens with one attached hydrogen (secondary N) is 1. The minimum absolute atomic E-state index is 0.0562. The Kier molecular flexibility index (Phi) is 6.56. The number of hydrogen-bond donors (Lipinski definition) is 1. The summed E-state index contributed by atoms with van der Waals surface area (Å²) in [6.45, 7) is 4.59. The van der Waals surface area contributed by atoms with E-state index in [2.05, 4.69) is 14.9 Å². The van der Waals surface area contributed by atoms with Gasteiger partial charge in [-0.2, -0.15) is 0 Å². The number of carbonyl (C=O) groups is 1. The van der Waals surface area contributed by atoms with Gasteiger partial charge in [-0.05, 0) is 50.8 Å². The first-order valence-electron chi connectivity index (χ1n) is 10.5. The average Bonchev–Trinajstić information content (AvgIpc) is 3.44. The van der Waals surface area contributed by atoms with E-state index in [0.29, 0.717) is 31.4 Å². The Morgan fingerprint density at radius 2 is 2.07 bits per heavy atom. The first kappa shape index (κ1) is 20.0. The zero-order valence-electron chi connectivity index (χ0n) is 16.7. The lowest BCUT2D eigenvalue weighted by Crippen LogP contribution is -2.43. The maximum Gasteiger partial charge on any atom is 0.289 e. The Labute approximate surface area is 171 Å². The highest BCUT2D eigenvalue weighted by atomic mass is 19.1. The van der Waals surface area contributed by atoms with E-state index in [1.54, 1.807) is 18.5 Å². The van der Waals surface area contributed by atoms with Crippen molar-refractivity contribution in [3.8, 4) is 0 Å². The Morgan fingerprint density at radius 1 is 1.24 bits per heavy atom. The number of benzene rings is 1. The van der Waals surface area contributed by atoms with Gasteiger partial charge < -0.3 is 14.6 Å². The van der Waals surface area contributed by atoms with Crippen molar-refractivity contribution in [3.05, 3.63) is 53.9 Å². The number of piperidine rings is 1. The summed E-state index contributed by atoms with van der Waals surface area (Å²) in [5.41, 5.74) is 0.749. The lowest BCUT2D eigenvalue weighted by atomic mass is 9.95. The molecule has 0 unspecified atom stereocenters. The molecule has 29 heavy (non-hydrogen) atoms. The molecule has 1 amide bonds. The lowest BCUT2D eigenvalue weighted by molar-refractivity contribution is 0.0436. The second-order valence-electron chi connectivity index (χ2n) is 8.09. The predicted molar refractivity (Wildman–Crippen MR) is 108 cm³/mol. The Morgan fingerprint density at radius 3 is 2.76 bits per heavy atom. The summed E-state index contributed by atoms with van der Waals surface area (Å²) in [7, 11) is 0. The van der Waals surface area contributed by atoms with Gasteiger partial charge in [0.25, 0.3) is 5.91 Å². The summed E-state index contributed by atoms with van der Waals surface area (Å²) in [6, 6.07) is 6.98. The molecule has 1 aromatic heterocycles. The molecule has 2 fully saturated rings. The van der Waals surface area contributed by atoms with Gasteiger partial charge in [0.05, 0.1) is 6.10 Å². The number of amides is 1. The standard InChI is InChI=1S/C22H29FN4O2/c23-20-6-2-1-4-18(20)15-26-11-7-17(8-12-26)14-27(16-19-5-3-13-29-19)22(28)21-24-9-10-25-21/h1-2,4,6,9-10,17,19H,3,5,7-8,11-16H2,(H,24,25)/t19-/m0/s1. The predicted octanol–water partition coefficient (Wildman–Crippen LogP) is 3.08. The van der Waals surface area contributed by atoms with E-state index in [0.717, 1.165) is 50.9 Å². The van der Waals surface area contributed by atoms with Crippen LogP contribution < -0.4 is 0 Å². The van der Waals surface area contributed by atoms with Gasteiger partial charge in [0.1, 0.15) is 5.82 Å². The molecule has 0 saturated carbocycles. The van der Waals surface area contributed by atoms with Crippen molar-refractivity contribution in [2.75, 3.05) is 32.8 Å². The number of nitrogens with zero attached hydrogens (tertiary/aromatic N) is 3. The molecule has 2 aromatic rings. The normalized spacial score (nSPS) is 20.8. The number of rotatable bonds is 7. The first-order valence-corrected chi connectivity index (χ1v) is 10.5. The Hall–Kier alpha value is -2.25. The molecule has 1 N–H and O–H groups in total. The zero-order valence-corrected chi connectivity index (χ0v) is 16.7. The molecule has 4 rings (SSSR count). The SMILES string of the molecule is O=C(c1ncc[nH]1)N(CC1CCN(Cc2ccccc2F)CC1)C[C@@H]1CCCO1. The van der Waals surface area contributed by atoms with E-state index in [-0.39, 0.29) is 17.8 Å². The third kappa shape index (κ3) is 5.22. The number of hydrogen-bond acceptors (Lipinski definition) is 4. The number of aromatic nitrogens is 2. The average molecular weight is 400 g/mol. The van der Waals surface area contributed by atoms with Crippen molar-refractivity contribution in [3.63, 3.8) is 0 Å². The van der Waals surface area contributed by atoms with E-state index in [4.69, 9.17) is 4.74 Å². The quantitative estimate of drug-likeness (QED) is 0.776. The fourth-order valence-corrected chi connectivity index (χ4v) is 4.31. The molecule has 6 nitrogen and oxygen atoms in total. The number of halogens is 1.